The molecule has 0 saturated carbocycles. The highest BCUT2D eigenvalue weighted by Gasteiger charge is 2.30. The van der Waals surface area contributed by atoms with Gasteiger partial charge in [0.25, 0.3) is 0 Å². The van der Waals surface area contributed by atoms with Crippen LogP contribution in [0.1, 0.15) is 18.9 Å². The highest BCUT2D eigenvalue weighted by molar-refractivity contribution is 7.98. The molecule has 0 aromatic heterocycles. The molecule has 5 atom stereocenters. The Kier molecular flexibility index (Phi) is 12.8. The van der Waals surface area contributed by atoms with Crippen molar-refractivity contribution in [2.45, 2.75) is 50.0 Å². The number of amides is 3. The summed E-state index contributed by atoms with van der Waals surface area (Å²) in [6.45, 7) is 1.33. The number of nitrogens with two attached hydrogens (primary N) is 1. The summed E-state index contributed by atoms with van der Waals surface area (Å²) < 4.78 is 0. The van der Waals surface area contributed by atoms with E-state index >= 15 is 0 Å². The molecule has 0 heterocycles. The molecular weight excluding hydrogens is 484 g/mol. The van der Waals surface area contributed by atoms with Crippen LogP contribution >= 0.6 is 24.4 Å². The fourth-order valence-electron chi connectivity index (χ4n) is 2.80. The van der Waals surface area contributed by atoms with Gasteiger partial charge in [-0.15, -0.1) is 0 Å². The van der Waals surface area contributed by atoms with E-state index in [0.29, 0.717) is 11.3 Å². The van der Waals surface area contributed by atoms with E-state index in [9.17, 15) is 34.5 Å². The minimum absolute atomic E-state index is 0.0275. The Labute approximate surface area is 207 Å². The van der Waals surface area contributed by atoms with Crippen molar-refractivity contribution >= 4 is 48.1 Å². The van der Waals surface area contributed by atoms with Crippen molar-refractivity contribution < 1.29 is 34.5 Å². The highest BCUT2D eigenvalue weighted by Crippen LogP contribution is 2.12. The van der Waals surface area contributed by atoms with Gasteiger partial charge in [-0.3, -0.25) is 14.4 Å². The van der Waals surface area contributed by atoms with E-state index in [2.05, 4.69) is 28.6 Å². The minimum Gasteiger partial charge on any atom is -0.508 e. The predicted octanol–water partition coefficient (Wildman–Crippen LogP) is -1.14. The largest absolute Gasteiger partial charge is 0.508 e. The van der Waals surface area contributed by atoms with E-state index in [4.69, 9.17) is 5.73 Å². The summed E-state index contributed by atoms with van der Waals surface area (Å²) in [5, 5.41) is 35.7. The quantitative estimate of drug-likeness (QED) is 0.141. The molecule has 8 N–H and O–H groups in total. The lowest BCUT2D eigenvalue weighted by molar-refractivity contribution is -0.142. The summed E-state index contributed by atoms with van der Waals surface area (Å²) in [5.41, 5.74) is 6.16. The van der Waals surface area contributed by atoms with Gasteiger partial charge in [-0.05, 0) is 43.0 Å². The molecule has 13 heteroatoms. The number of hydrogen-bond donors (Lipinski definition) is 8. The molecule has 0 aliphatic carbocycles. The van der Waals surface area contributed by atoms with Crippen LogP contribution in [-0.2, 0) is 25.6 Å². The second-order valence-corrected chi connectivity index (χ2v) is 8.97. The van der Waals surface area contributed by atoms with Gasteiger partial charge in [-0.2, -0.15) is 24.4 Å². The fraction of sp³-hybridized carbons (Fsp3) is 0.524. The van der Waals surface area contributed by atoms with Gasteiger partial charge in [0.05, 0.1) is 6.10 Å². The number of rotatable bonds is 14. The van der Waals surface area contributed by atoms with Gasteiger partial charge in [0, 0.05) is 12.2 Å². The Hall–Kier alpha value is -2.48. The number of thiol groups is 1. The number of carboxylic acid groups (broad SMARTS) is 1. The summed E-state index contributed by atoms with van der Waals surface area (Å²) in [5.74, 6) is -2.98. The van der Waals surface area contributed by atoms with Gasteiger partial charge in [0.1, 0.15) is 29.9 Å². The Balaban J connectivity index is 2.90. The standard InChI is InChI=1S/C21H32N4O7S2/c1-11(26)17(22)20(30)25-16(10-33)19(29)23-14(7-8-34-2)18(28)24-15(21(31)32)9-12-3-5-13(27)6-4-12/h3-6,11,14-17,26-27,33H,7-10,22H2,1-2H3,(H,23,29)(H,24,28)(H,25,30)(H,31,32). The van der Waals surface area contributed by atoms with E-state index in [0.717, 1.165) is 0 Å². The number of aliphatic hydroxyl groups excluding tert-OH is 1. The van der Waals surface area contributed by atoms with E-state index in [1.54, 1.807) is 12.1 Å². The van der Waals surface area contributed by atoms with Crippen molar-refractivity contribution in [1.82, 2.24) is 16.0 Å². The third-order valence-corrected chi connectivity index (χ3v) is 5.88. The van der Waals surface area contributed by atoms with Crippen molar-refractivity contribution in [1.29, 1.82) is 0 Å². The molecule has 1 aromatic rings. The summed E-state index contributed by atoms with van der Waals surface area (Å²) in [6, 6.07) is 1.20. The van der Waals surface area contributed by atoms with E-state index in [-0.39, 0.29) is 24.3 Å². The predicted molar refractivity (Wildman–Crippen MR) is 132 cm³/mol. The zero-order valence-corrected chi connectivity index (χ0v) is 20.6. The Morgan fingerprint density at radius 2 is 1.53 bits per heavy atom. The first kappa shape index (κ1) is 29.6. The molecule has 190 valence electrons. The van der Waals surface area contributed by atoms with Gasteiger partial charge in [-0.25, -0.2) is 4.79 Å². The van der Waals surface area contributed by atoms with Crippen LogP contribution in [0, 0.1) is 0 Å². The molecule has 3 amide bonds. The minimum atomic E-state index is -1.27. The second-order valence-electron chi connectivity index (χ2n) is 7.62. The third-order valence-electron chi connectivity index (χ3n) is 4.87. The van der Waals surface area contributed by atoms with Gasteiger partial charge in [-0.1, -0.05) is 12.1 Å². The van der Waals surface area contributed by atoms with Crippen LogP contribution in [0.15, 0.2) is 24.3 Å². The molecule has 1 aromatic carbocycles. The first-order valence-electron chi connectivity index (χ1n) is 10.4. The lowest BCUT2D eigenvalue weighted by Crippen LogP contribution is -2.58. The maximum absolute atomic E-state index is 12.9. The summed E-state index contributed by atoms with van der Waals surface area (Å²) >= 11 is 5.50. The van der Waals surface area contributed by atoms with Crippen molar-refractivity contribution in [2.75, 3.05) is 17.8 Å². The van der Waals surface area contributed by atoms with E-state index in [1.807, 2.05) is 6.26 Å². The lowest BCUT2D eigenvalue weighted by atomic mass is 10.0. The molecule has 1 rings (SSSR count). The maximum atomic E-state index is 12.9. The fourth-order valence-corrected chi connectivity index (χ4v) is 3.53. The van der Waals surface area contributed by atoms with E-state index in [1.165, 1.54) is 30.8 Å². The average Bonchev–Trinajstić information content (AvgIpc) is 2.79. The van der Waals surface area contributed by atoms with Crippen molar-refractivity contribution in [3.8, 4) is 5.75 Å². The Morgan fingerprint density at radius 1 is 1.00 bits per heavy atom. The number of phenolic OH excluding ortho intramolecular Hbond substituents is 1. The molecule has 0 aliphatic heterocycles. The van der Waals surface area contributed by atoms with Gasteiger partial charge < -0.3 is 37.0 Å². The molecule has 5 unspecified atom stereocenters. The van der Waals surface area contributed by atoms with Crippen molar-refractivity contribution in [3.63, 3.8) is 0 Å². The van der Waals surface area contributed by atoms with Gasteiger partial charge in [0.15, 0.2) is 0 Å². The number of nitrogens with one attached hydrogen (secondary N) is 3. The number of carboxylic acids is 1. The molecule has 34 heavy (non-hydrogen) atoms. The Bertz CT molecular complexity index is 839. The number of thioether (sulfide) groups is 1. The van der Waals surface area contributed by atoms with Crippen LogP contribution in [0.5, 0.6) is 5.75 Å². The number of aliphatic hydroxyl groups is 1. The summed E-state index contributed by atoms with van der Waals surface area (Å²) in [7, 11) is 0. The normalized spacial score (nSPS) is 15.3. The summed E-state index contributed by atoms with van der Waals surface area (Å²) in [4.78, 5) is 49.4. The van der Waals surface area contributed by atoms with Crippen molar-refractivity contribution in [2.24, 2.45) is 5.73 Å². The van der Waals surface area contributed by atoms with Crippen LogP contribution in [-0.4, -0.2) is 87.0 Å². The molecule has 11 nitrogen and oxygen atoms in total. The monoisotopic (exact) mass is 516 g/mol. The Morgan fingerprint density at radius 3 is 2.03 bits per heavy atom. The lowest BCUT2D eigenvalue weighted by Gasteiger charge is -2.25. The second kappa shape index (κ2) is 14.7. The number of hydrogen-bond acceptors (Lipinski definition) is 9. The molecule has 0 radical (unpaired) electrons. The van der Waals surface area contributed by atoms with Crippen LogP contribution in [0.25, 0.3) is 0 Å². The van der Waals surface area contributed by atoms with Gasteiger partial charge in [0.2, 0.25) is 17.7 Å². The number of carbonyl (C=O) groups is 4. The average molecular weight is 517 g/mol. The molecule has 0 bridgehead atoms. The zero-order chi connectivity index (χ0) is 25.8. The molecule has 0 aliphatic rings. The number of carbonyl (C=O) groups excluding carboxylic acids is 3. The first-order valence-corrected chi connectivity index (χ1v) is 12.5. The number of phenols is 1. The molecular formula is C21H32N4O7S2. The number of benzene rings is 1. The van der Waals surface area contributed by atoms with Crippen LogP contribution in [0.2, 0.25) is 0 Å². The molecule has 0 saturated heterocycles. The molecule has 0 fully saturated rings. The van der Waals surface area contributed by atoms with E-state index < -0.39 is 54.0 Å². The van der Waals surface area contributed by atoms with Gasteiger partial charge >= 0.3 is 5.97 Å². The zero-order valence-electron chi connectivity index (χ0n) is 18.9. The third kappa shape index (κ3) is 9.79. The summed E-state index contributed by atoms with van der Waals surface area (Å²) in [6.07, 6.45) is 0.864. The van der Waals surface area contributed by atoms with Crippen LogP contribution < -0.4 is 21.7 Å². The SMILES string of the molecule is CSCCC(NC(=O)C(CS)NC(=O)C(N)C(C)O)C(=O)NC(Cc1ccc(O)cc1)C(=O)O. The smallest absolute Gasteiger partial charge is 0.326 e. The maximum Gasteiger partial charge on any atom is 0.326 e. The number of aliphatic carboxylic acids is 1. The number of aromatic hydroxyl groups is 1. The van der Waals surface area contributed by atoms with Crippen molar-refractivity contribution in [3.05, 3.63) is 29.8 Å². The van der Waals surface area contributed by atoms with Crippen LogP contribution in [0.3, 0.4) is 0 Å². The highest BCUT2D eigenvalue weighted by atomic mass is 32.2. The molecule has 0 spiro atoms. The first-order chi connectivity index (χ1) is 16.0. The van der Waals surface area contributed by atoms with Crippen LogP contribution in [0.4, 0.5) is 0 Å². The topological polar surface area (TPSA) is 191 Å².